The first-order chi connectivity index (χ1) is 15.1. The predicted octanol–water partition coefficient (Wildman–Crippen LogP) is 4.98. The fourth-order valence-electron chi connectivity index (χ4n) is 4.30. The fourth-order valence-corrected chi connectivity index (χ4v) is 4.30. The second-order valence-corrected chi connectivity index (χ2v) is 8.04. The van der Waals surface area contributed by atoms with Crippen LogP contribution in [0.3, 0.4) is 0 Å². The summed E-state index contributed by atoms with van der Waals surface area (Å²) in [6.07, 6.45) is -0.836. The lowest BCUT2D eigenvalue weighted by atomic mass is 10.0. The Morgan fingerprint density at radius 2 is 1.29 bits per heavy atom. The third-order valence-electron chi connectivity index (χ3n) is 5.87. The predicted molar refractivity (Wildman–Crippen MR) is 111 cm³/mol. The largest absolute Gasteiger partial charge is 0.375 e. The molecule has 0 saturated carbocycles. The molecule has 3 aromatic carbocycles. The number of hydrogen-bond donors (Lipinski definition) is 0. The van der Waals surface area contributed by atoms with Gasteiger partial charge in [0.15, 0.2) is 0 Å². The van der Waals surface area contributed by atoms with Gasteiger partial charge in [0.2, 0.25) is 0 Å². The molecule has 0 aromatic heterocycles. The van der Waals surface area contributed by atoms with Gasteiger partial charge < -0.3 is 14.2 Å². The summed E-state index contributed by atoms with van der Waals surface area (Å²) in [7, 11) is 0. The molecule has 160 valence electrons. The second-order valence-electron chi connectivity index (χ2n) is 8.04. The molecule has 0 aliphatic carbocycles. The summed E-state index contributed by atoms with van der Waals surface area (Å²) in [5.74, 6) is -0.598. The maximum atomic E-state index is 13.5. The summed E-state index contributed by atoms with van der Waals surface area (Å²) >= 11 is 0. The number of halogens is 2. The number of hydrogen-bond acceptors (Lipinski definition) is 4. The van der Waals surface area contributed by atoms with E-state index in [1.807, 2.05) is 30.3 Å². The number of rotatable bonds is 6. The van der Waals surface area contributed by atoms with Crippen molar-refractivity contribution in [2.45, 2.75) is 24.6 Å². The second kappa shape index (κ2) is 8.48. The summed E-state index contributed by atoms with van der Waals surface area (Å²) in [5, 5.41) is 0. The van der Waals surface area contributed by atoms with E-state index < -0.39 is 18.0 Å². The molecule has 0 amide bonds. The van der Waals surface area contributed by atoms with Crippen molar-refractivity contribution in [1.29, 1.82) is 0 Å². The first-order valence-corrected chi connectivity index (χ1v) is 10.3. The van der Waals surface area contributed by atoms with E-state index in [1.54, 1.807) is 24.3 Å². The summed E-state index contributed by atoms with van der Waals surface area (Å²) in [4.78, 5) is 2.14. The molecule has 0 N–H and O–H groups in total. The zero-order valence-electron chi connectivity index (χ0n) is 16.9. The molecule has 2 aliphatic rings. The van der Waals surface area contributed by atoms with Crippen LogP contribution in [0.2, 0.25) is 0 Å². The SMILES string of the molecule is Fc1ccc(C2OCC3(COCc4ccccc4)COC(c4ccc(F)cc4)N23)cc1. The lowest BCUT2D eigenvalue weighted by Crippen LogP contribution is -2.48. The van der Waals surface area contributed by atoms with Gasteiger partial charge in [-0.15, -0.1) is 0 Å². The molecule has 2 heterocycles. The number of ether oxygens (including phenoxy) is 3. The van der Waals surface area contributed by atoms with Crippen molar-refractivity contribution in [3.05, 3.63) is 107 Å². The van der Waals surface area contributed by atoms with Gasteiger partial charge in [-0.25, -0.2) is 13.7 Å². The van der Waals surface area contributed by atoms with Crippen LogP contribution in [0.25, 0.3) is 0 Å². The Kier molecular flexibility index (Phi) is 5.54. The minimum atomic E-state index is -0.493. The highest BCUT2D eigenvalue weighted by Gasteiger charge is 2.57. The Bertz CT molecular complexity index is 954. The van der Waals surface area contributed by atoms with E-state index in [1.165, 1.54) is 24.3 Å². The first-order valence-electron chi connectivity index (χ1n) is 10.3. The molecular weight excluding hydrogens is 400 g/mol. The summed E-state index contributed by atoms with van der Waals surface area (Å²) in [6.45, 7) is 1.74. The maximum absolute atomic E-state index is 13.5. The Morgan fingerprint density at radius 3 is 1.81 bits per heavy atom. The van der Waals surface area contributed by atoms with Crippen molar-refractivity contribution in [1.82, 2.24) is 4.90 Å². The Morgan fingerprint density at radius 1 is 0.774 bits per heavy atom. The van der Waals surface area contributed by atoms with Gasteiger partial charge in [-0.05, 0) is 41.0 Å². The molecule has 4 nitrogen and oxygen atoms in total. The van der Waals surface area contributed by atoms with Gasteiger partial charge in [0.05, 0.1) is 32.0 Å². The van der Waals surface area contributed by atoms with E-state index in [0.717, 1.165) is 16.7 Å². The number of fused-ring (bicyclic) bond motifs is 1. The topological polar surface area (TPSA) is 30.9 Å². The van der Waals surface area contributed by atoms with Crippen LogP contribution in [0, 0.1) is 11.6 Å². The minimum Gasteiger partial charge on any atom is -0.375 e. The minimum absolute atomic E-state index is 0.299. The van der Waals surface area contributed by atoms with Crippen molar-refractivity contribution in [3.63, 3.8) is 0 Å². The monoisotopic (exact) mass is 423 g/mol. The van der Waals surface area contributed by atoms with Crippen LogP contribution in [0.1, 0.15) is 29.1 Å². The number of benzene rings is 3. The van der Waals surface area contributed by atoms with Crippen LogP contribution in [0.15, 0.2) is 78.9 Å². The molecule has 2 fully saturated rings. The van der Waals surface area contributed by atoms with Gasteiger partial charge in [-0.2, -0.15) is 0 Å². The van der Waals surface area contributed by atoms with E-state index in [2.05, 4.69) is 4.90 Å². The molecule has 31 heavy (non-hydrogen) atoms. The summed E-state index contributed by atoms with van der Waals surface area (Å²) in [6, 6.07) is 22.6. The molecule has 2 saturated heterocycles. The van der Waals surface area contributed by atoms with E-state index in [9.17, 15) is 8.78 Å². The lowest BCUT2D eigenvalue weighted by Gasteiger charge is -2.34. The van der Waals surface area contributed by atoms with Crippen LogP contribution >= 0.6 is 0 Å². The van der Waals surface area contributed by atoms with Gasteiger partial charge in [-0.3, -0.25) is 0 Å². The van der Waals surface area contributed by atoms with Crippen molar-refractivity contribution >= 4 is 0 Å². The molecule has 2 atom stereocenters. The third-order valence-corrected chi connectivity index (χ3v) is 5.87. The average molecular weight is 423 g/mol. The van der Waals surface area contributed by atoms with Crippen LogP contribution in [0.5, 0.6) is 0 Å². The van der Waals surface area contributed by atoms with Crippen molar-refractivity contribution in [2.75, 3.05) is 19.8 Å². The zero-order chi connectivity index (χ0) is 21.3. The standard InChI is InChI=1S/C25H23F2NO3/c26-21-10-6-19(7-11-21)23-28-24(20-8-12-22(27)13-9-20)31-17-25(28,16-30-23)15-29-14-18-4-2-1-3-5-18/h1-13,23-24H,14-17H2. The number of nitrogens with zero attached hydrogens (tertiary/aromatic N) is 1. The highest BCUT2D eigenvalue weighted by Crippen LogP contribution is 2.49. The van der Waals surface area contributed by atoms with Crippen LogP contribution in [0.4, 0.5) is 8.78 Å². The lowest BCUT2D eigenvalue weighted by molar-refractivity contribution is -0.0644. The molecular formula is C25H23F2NO3. The van der Waals surface area contributed by atoms with Gasteiger partial charge in [-0.1, -0.05) is 54.6 Å². The maximum Gasteiger partial charge on any atom is 0.139 e. The fraction of sp³-hybridized carbons (Fsp3) is 0.280. The Hall–Kier alpha value is -2.64. The molecule has 3 aromatic rings. The Labute approximate surface area is 180 Å². The van der Waals surface area contributed by atoms with Gasteiger partial charge >= 0.3 is 0 Å². The zero-order valence-corrected chi connectivity index (χ0v) is 16.9. The van der Waals surface area contributed by atoms with E-state index in [0.29, 0.717) is 26.4 Å². The van der Waals surface area contributed by atoms with Crippen LogP contribution < -0.4 is 0 Å². The van der Waals surface area contributed by atoms with Crippen molar-refractivity contribution in [3.8, 4) is 0 Å². The van der Waals surface area contributed by atoms with Gasteiger partial charge in [0, 0.05) is 0 Å². The molecule has 6 heteroatoms. The third kappa shape index (κ3) is 4.00. The average Bonchev–Trinajstić information content (AvgIpc) is 3.33. The molecule has 5 rings (SSSR count). The van der Waals surface area contributed by atoms with E-state index in [4.69, 9.17) is 14.2 Å². The normalized spacial score (nSPS) is 25.6. The molecule has 0 radical (unpaired) electrons. The molecule has 2 aliphatic heterocycles. The highest BCUT2D eigenvalue weighted by molar-refractivity contribution is 5.26. The van der Waals surface area contributed by atoms with Crippen LogP contribution in [-0.2, 0) is 20.8 Å². The summed E-state index contributed by atoms with van der Waals surface area (Å²) in [5.41, 5.74) is 2.27. The summed E-state index contributed by atoms with van der Waals surface area (Å²) < 4.78 is 45.5. The van der Waals surface area contributed by atoms with Gasteiger partial charge in [0.25, 0.3) is 0 Å². The smallest absolute Gasteiger partial charge is 0.139 e. The van der Waals surface area contributed by atoms with Crippen LogP contribution in [-0.4, -0.2) is 30.3 Å². The van der Waals surface area contributed by atoms with E-state index in [-0.39, 0.29) is 11.6 Å². The molecule has 0 spiro atoms. The highest BCUT2D eigenvalue weighted by atomic mass is 19.1. The first kappa shape index (κ1) is 20.3. The molecule has 2 unspecified atom stereocenters. The van der Waals surface area contributed by atoms with E-state index >= 15 is 0 Å². The molecule has 0 bridgehead atoms. The Balaban J connectivity index is 1.42. The van der Waals surface area contributed by atoms with Gasteiger partial charge in [0.1, 0.15) is 24.1 Å². The van der Waals surface area contributed by atoms with Crippen molar-refractivity contribution < 1.29 is 23.0 Å². The quantitative estimate of drug-likeness (QED) is 0.560. The van der Waals surface area contributed by atoms with Crippen molar-refractivity contribution in [2.24, 2.45) is 0 Å².